The quantitative estimate of drug-likeness (QED) is 0.578. The van der Waals surface area contributed by atoms with Crippen LogP contribution in [0.1, 0.15) is 33.6 Å². The molecule has 0 radical (unpaired) electrons. The second kappa shape index (κ2) is 8.38. The third-order valence-corrected chi connectivity index (χ3v) is 5.69. The predicted molar refractivity (Wildman–Crippen MR) is 123 cm³/mol. The van der Waals surface area contributed by atoms with E-state index in [0.29, 0.717) is 42.7 Å². The van der Waals surface area contributed by atoms with Gasteiger partial charge in [-0.3, -0.25) is 4.79 Å². The molecule has 0 bridgehead atoms. The normalized spacial score (nSPS) is 15.1. The van der Waals surface area contributed by atoms with Crippen LogP contribution >= 0.6 is 0 Å². The lowest BCUT2D eigenvalue weighted by molar-refractivity contribution is -0.122. The maximum atomic E-state index is 15.3. The molecule has 1 aliphatic rings. The van der Waals surface area contributed by atoms with Crippen molar-refractivity contribution in [2.24, 2.45) is 11.7 Å². The number of phenols is 1. The topological polar surface area (TPSA) is 111 Å². The van der Waals surface area contributed by atoms with Crippen LogP contribution in [0.25, 0.3) is 22.2 Å². The van der Waals surface area contributed by atoms with Gasteiger partial charge in [0.05, 0.1) is 16.8 Å². The summed E-state index contributed by atoms with van der Waals surface area (Å²) in [6.45, 7) is 6.36. The van der Waals surface area contributed by atoms with Gasteiger partial charge < -0.3 is 20.5 Å². The molecular formula is C24H27FN4O4. The van der Waals surface area contributed by atoms with Crippen molar-refractivity contribution in [3.05, 3.63) is 42.3 Å². The number of hydrogen-bond donors (Lipinski definition) is 2. The highest BCUT2D eigenvalue weighted by atomic mass is 19.1. The Balaban J connectivity index is 1.72. The van der Waals surface area contributed by atoms with E-state index in [4.69, 9.17) is 10.5 Å². The van der Waals surface area contributed by atoms with Gasteiger partial charge in [0.2, 0.25) is 11.9 Å². The summed E-state index contributed by atoms with van der Waals surface area (Å²) in [5.41, 5.74) is 5.52. The monoisotopic (exact) mass is 454 g/mol. The van der Waals surface area contributed by atoms with E-state index >= 15 is 4.39 Å². The number of piperidine rings is 1. The molecular weight excluding hydrogens is 427 g/mol. The van der Waals surface area contributed by atoms with Gasteiger partial charge in [0.1, 0.15) is 17.2 Å². The van der Waals surface area contributed by atoms with Gasteiger partial charge in [0.25, 0.3) is 0 Å². The molecule has 0 spiro atoms. The number of carbonyl (C=O) groups excluding carboxylic acids is 2. The Morgan fingerprint density at radius 1 is 1.15 bits per heavy atom. The van der Waals surface area contributed by atoms with Crippen LogP contribution in [0.5, 0.6) is 5.75 Å². The summed E-state index contributed by atoms with van der Waals surface area (Å²) in [6.07, 6.45) is 0.531. The highest BCUT2D eigenvalue weighted by Crippen LogP contribution is 2.33. The molecule has 3 heterocycles. The highest BCUT2D eigenvalue weighted by molar-refractivity contribution is 5.96. The highest BCUT2D eigenvalue weighted by Gasteiger charge is 2.27. The molecule has 0 aliphatic carbocycles. The van der Waals surface area contributed by atoms with Crippen molar-refractivity contribution in [3.8, 4) is 17.0 Å². The Morgan fingerprint density at radius 2 is 1.85 bits per heavy atom. The number of anilines is 1. The van der Waals surface area contributed by atoms with E-state index in [1.54, 1.807) is 45.0 Å². The number of phenolic OH excluding ortho intramolecular Hbond substituents is 1. The molecule has 174 valence electrons. The third kappa shape index (κ3) is 4.62. The average Bonchev–Trinajstić information content (AvgIpc) is 3.10. The van der Waals surface area contributed by atoms with Crippen LogP contribution in [0.15, 0.2) is 36.4 Å². The molecule has 1 fully saturated rings. The Morgan fingerprint density at radius 3 is 2.45 bits per heavy atom. The number of aromatic hydroxyl groups is 1. The lowest BCUT2D eigenvalue weighted by atomic mass is 9.96. The largest absolute Gasteiger partial charge is 0.508 e. The predicted octanol–water partition coefficient (Wildman–Crippen LogP) is 4.03. The number of halogens is 1. The number of fused-ring (bicyclic) bond motifs is 1. The zero-order valence-electron chi connectivity index (χ0n) is 18.8. The fourth-order valence-corrected chi connectivity index (χ4v) is 4.09. The summed E-state index contributed by atoms with van der Waals surface area (Å²) >= 11 is 0. The molecule has 33 heavy (non-hydrogen) atoms. The molecule has 9 heteroatoms. The Labute approximate surface area is 190 Å². The molecule has 1 aliphatic heterocycles. The van der Waals surface area contributed by atoms with E-state index in [0.717, 1.165) is 0 Å². The molecule has 1 amide bonds. The van der Waals surface area contributed by atoms with Crippen molar-refractivity contribution >= 4 is 28.7 Å². The Bertz CT molecular complexity index is 1220. The number of hydrogen-bond acceptors (Lipinski definition) is 6. The van der Waals surface area contributed by atoms with Gasteiger partial charge in [-0.2, -0.15) is 4.39 Å². The van der Waals surface area contributed by atoms with Gasteiger partial charge >= 0.3 is 6.09 Å². The molecule has 0 atom stereocenters. The zero-order chi connectivity index (χ0) is 23.9. The van der Waals surface area contributed by atoms with Gasteiger partial charge in [0, 0.05) is 24.4 Å². The first-order valence-corrected chi connectivity index (χ1v) is 10.8. The minimum atomic E-state index is -0.750. The van der Waals surface area contributed by atoms with E-state index in [9.17, 15) is 14.7 Å². The number of aromatic nitrogens is 2. The summed E-state index contributed by atoms with van der Waals surface area (Å²) in [7, 11) is 0. The summed E-state index contributed by atoms with van der Waals surface area (Å²) in [6, 6.07) is 9.44. The maximum absolute atomic E-state index is 15.3. The summed E-state index contributed by atoms with van der Waals surface area (Å²) in [5.74, 6) is -0.738. The molecule has 0 saturated carbocycles. The van der Waals surface area contributed by atoms with E-state index in [2.05, 4.69) is 4.98 Å². The first-order chi connectivity index (χ1) is 15.5. The van der Waals surface area contributed by atoms with Gasteiger partial charge in [-0.15, -0.1) is 0 Å². The molecule has 1 saturated heterocycles. The van der Waals surface area contributed by atoms with E-state index in [1.807, 2.05) is 4.90 Å². The average molecular weight is 455 g/mol. The van der Waals surface area contributed by atoms with Crippen LogP contribution in [0.3, 0.4) is 0 Å². The number of amides is 1. The van der Waals surface area contributed by atoms with Crippen molar-refractivity contribution < 1.29 is 23.8 Å². The second-order valence-electron chi connectivity index (χ2n) is 9.26. The number of benzene rings is 1. The number of nitrogens with zero attached hydrogens (tertiary/aromatic N) is 3. The molecule has 8 nitrogen and oxygen atoms in total. The fraction of sp³-hybridized carbons (Fsp3) is 0.375. The van der Waals surface area contributed by atoms with Gasteiger partial charge in [0.15, 0.2) is 0 Å². The summed E-state index contributed by atoms with van der Waals surface area (Å²) in [4.78, 5) is 30.5. The molecule has 0 unspecified atom stereocenters. The van der Waals surface area contributed by atoms with E-state index in [1.165, 1.54) is 16.7 Å². The first-order valence-electron chi connectivity index (χ1n) is 10.8. The van der Waals surface area contributed by atoms with Gasteiger partial charge in [-0.05, 0) is 70.0 Å². The molecule has 3 N–H and O–H groups in total. The van der Waals surface area contributed by atoms with E-state index in [-0.39, 0.29) is 28.8 Å². The zero-order valence-corrected chi connectivity index (χ0v) is 18.8. The number of rotatable bonds is 3. The Kier molecular flexibility index (Phi) is 5.73. The van der Waals surface area contributed by atoms with Crippen molar-refractivity contribution in [1.29, 1.82) is 0 Å². The van der Waals surface area contributed by atoms with Crippen LogP contribution in [-0.2, 0) is 9.53 Å². The molecule has 1 aromatic carbocycles. The van der Waals surface area contributed by atoms with Crippen LogP contribution < -0.4 is 10.6 Å². The fourth-order valence-electron chi connectivity index (χ4n) is 4.09. The lowest BCUT2D eigenvalue weighted by Gasteiger charge is -2.31. The first kappa shape index (κ1) is 22.6. The maximum Gasteiger partial charge on any atom is 0.419 e. The molecule has 4 rings (SSSR count). The van der Waals surface area contributed by atoms with Crippen LogP contribution in [-0.4, -0.2) is 45.3 Å². The standard InChI is InChI=1S/C24H27FN4O4/c1-24(2,3)33-23(32)29-18-6-4-16(30)12-15(18)13-19(29)17-5-7-20(27-21(17)25)28-10-8-14(9-11-28)22(26)31/h4-7,12-14,30H,8-11H2,1-3H3,(H2,26,31). The van der Waals surface area contributed by atoms with Gasteiger partial charge in [-0.1, -0.05) is 0 Å². The van der Waals surface area contributed by atoms with E-state index < -0.39 is 17.6 Å². The number of primary amides is 1. The SMILES string of the molecule is CC(C)(C)OC(=O)n1c(-c2ccc(N3CCC(C(N)=O)CC3)nc2F)cc2cc(O)ccc21. The van der Waals surface area contributed by atoms with Crippen molar-refractivity contribution in [3.63, 3.8) is 0 Å². The number of carbonyl (C=O) groups is 2. The van der Waals surface area contributed by atoms with Crippen LogP contribution in [0.2, 0.25) is 0 Å². The van der Waals surface area contributed by atoms with Crippen molar-refractivity contribution in [2.45, 2.75) is 39.2 Å². The number of pyridine rings is 1. The van der Waals surface area contributed by atoms with Crippen molar-refractivity contribution in [1.82, 2.24) is 9.55 Å². The van der Waals surface area contributed by atoms with Crippen LogP contribution in [0, 0.1) is 11.9 Å². The lowest BCUT2D eigenvalue weighted by Crippen LogP contribution is -2.39. The van der Waals surface area contributed by atoms with Crippen molar-refractivity contribution in [2.75, 3.05) is 18.0 Å². The van der Waals surface area contributed by atoms with Crippen LogP contribution in [0.4, 0.5) is 15.0 Å². The smallest absolute Gasteiger partial charge is 0.419 e. The third-order valence-electron chi connectivity index (χ3n) is 5.69. The Hall–Kier alpha value is -3.62. The minimum Gasteiger partial charge on any atom is -0.508 e. The minimum absolute atomic E-state index is 0.0312. The summed E-state index contributed by atoms with van der Waals surface area (Å²) in [5, 5.41) is 10.4. The number of ether oxygens (including phenoxy) is 1. The second-order valence-corrected chi connectivity index (χ2v) is 9.26. The summed E-state index contributed by atoms with van der Waals surface area (Å²) < 4.78 is 22.1. The molecule has 2 aromatic heterocycles. The number of nitrogens with two attached hydrogens (primary N) is 1. The van der Waals surface area contributed by atoms with Gasteiger partial charge in [-0.25, -0.2) is 14.3 Å². The molecule has 3 aromatic rings.